The topological polar surface area (TPSA) is 101 Å². The number of carbonyl (C=O) groups is 2. The summed E-state index contributed by atoms with van der Waals surface area (Å²) in [5, 5.41) is 9.74. The quantitative estimate of drug-likeness (QED) is 0.698. The molecule has 0 radical (unpaired) electrons. The second-order valence-corrected chi connectivity index (χ2v) is 5.51. The summed E-state index contributed by atoms with van der Waals surface area (Å²) in [5.41, 5.74) is 0.0557. The lowest BCUT2D eigenvalue weighted by Gasteiger charge is -2.07. The number of fused-ring (bicyclic) bond motifs is 1. The Kier molecular flexibility index (Phi) is 4.76. The molecule has 0 saturated heterocycles. The van der Waals surface area contributed by atoms with Crippen LogP contribution in [-0.2, 0) is 9.53 Å². The van der Waals surface area contributed by atoms with Gasteiger partial charge in [-0.3, -0.25) is 9.59 Å². The Morgan fingerprint density at radius 2 is 1.76 bits per heavy atom. The highest BCUT2D eigenvalue weighted by atomic mass is 35.5. The summed E-state index contributed by atoms with van der Waals surface area (Å²) in [6.07, 6.45) is 0. The first-order valence-electron chi connectivity index (χ1n) is 7.24. The van der Waals surface area contributed by atoms with Gasteiger partial charge in [0, 0.05) is 16.1 Å². The Bertz CT molecular complexity index is 999. The van der Waals surface area contributed by atoms with E-state index in [0.717, 1.165) is 0 Å². The van der Waals surface area contributed by atoms with Crippen molar-refractivity contribution in [1.82, 2.24) is 10.2 Å². The van der Waals surface area contributed by atoms with Gasteiger partial charge in [0.1, 0.15) is 0 Å². The number of amides is 1. The number of esters is 1. The molecule has 0 spiro atoms. The summed E-state index contributed by atoms with van der Waals surface area (Å²) in [4.78, 5) is 35.7. The van der Waals surface area contributed by atoms with Crippen LogP contribution in [0.1, 0.15) is 10.5 Å². The molecule has 2 aromatic carbocycles. The monoisotopic (exact) mass is 357 g/mol. The van der Waals surface area contributed by atoms with Gasteiger partial charge < -0.3 is 10.1 Å². The largest absolute Gasteiger partial charge is 0.451 e. The molecule has 8 heteroatoms. The maximum atomic E-state index is 12.2. The summed E-state index contributed by atoms with van der Waals surface area (Å²) in [6, 6.07) is 13.0. The fourth-order valence-electron chi connectivity index (χ4n) is 2.20. The summed E-state index contributed by atoms with van der Waals surface area (Å²) in [7, 11) is 0. The molecule has 3 rings (SSSR count). The first-order chi connectivity index (χ1) is 12.0. The number of ether oxygens (including phenoxy) is 1. The van der Waals surface area contributed by atoms with Crippen molar-refractivity contribution in [3.8, 4) is 0 Å². The number of benzene rings is 2. The Morgan fingerprint density at radius 3 is 2.48 bits per heavy atom. The highest BCUT2D eigenvalue weighted by Gasteiger charge is 2.16. The average molecular weight is 358 g/mol. The van der Waals surface area contributed by atoms with E-state index in [0.29, 0.717) is 21.5 Å². The number of aromatic nitrogens is 2. The molecule has 1 amide bonds. The zero-order valence-corrected chi connectivity index (χ0v) is 13.5. The summed E-state index contributed by atoms with van der Waals surface area (Å²) in [5.74, 6) is -1.32. The van der Waals surface area contributed by atoms with E-state index in [1.54, 1.807) is 48.5 Å². The molecule has 1 heterocycles. The van der Waals surface area contributed by atoms with Crippen LogP contribution in [0, 0.1) is 0 Å². The highest BCUT2D eigenvalue weighted by molar-refractivity contribution is 6.30. The van der Waals surface area contributed by atoms with E-state index < -0.39 is 24.0 Å². The number of aromatic amines is 1. The van der Waals surface area contributed by atoms with Crippen LogP contribution in [-0.4, -0.2) is 28.7 Å². The van der Waals surface area contributed by atoms with Crippen LogP contribution >= 0.6 is 11.6 Å². The number of nitrogens with zero attached hydrogens (tertiary/aromatic N) is 1. The van der Waals surface area contributed by atoms with Crippen LogP contribution in [0.25, 0.3) is 10.8 Å². The molecule has 126 valence electrons. The second kappa shape index (κ2) is 7.14. The molecular weight excluding hydrogens is 346 g/mol. The SMILES string of the molecule is O=C(COC(=O)c1n[nH]c(=O)c2ccccc12)Nc1ccc(Cl)cc1. The predicted molar refractivity (Wildman–Crippen MR) is 92.7 cm³/mol. The normalized spacial score (nSPS) is 10.4. The Hall–Kier alpha value is -3.19. The van der Waals surface area contributed by atoms with E-state index in [1.807, 2.05) is 0 Å². The minimum atomic E-state index is -0.807. The first kappa shape index (κ1) is 16.7. The Morgan fingerprint density at radius 1 is 1.08 bits per heavy atom. The number of rotatable bonds is 4. The molecule has 0 fully saturated rings. The van der Waals surface area contributed by atoms with Crippen molar-refractivity contribution in [1.29, 1.82) is 0 Å². The first-order valence-corrected chi connectivity index (χ1v) is 7.62. The van der Waals surface area contributed by atoms with E-state index in [9.17, 15) is 14.4 Å². The van der Waals surface area contributed by atoms with Gasteiger partial charge in [-0.05, 0) is 30.3 Å². The van der Waals surface area contributed by atoms with Gasteiger partial charge in [-0.15, -0.1) is 0 Å². The van der Waals surface area contributed by atoms with Gasteiger partial charge in [-0.2, -0.15) is 5.10 Å². The lowest BCUT2D eigenvalue weighted by molar-refractivity contribution is -0.119. The van der Waals surface area contributed by atoms with Crippen molar-refractivity contribution >= 4 is 39.9 Å². The van der Waals surface area contributed by atoms with E-state index >= 15 is 0 Å². The molecule has 25 heavy (non-hydrogen) atoms. The number of anilines is 1. The number of hydrogen-bond acceptors (Lipinski definition) is 5. The molecule has 0 bridgehead atoms. The summed E-state index contributed by atoms with van der Waals surface area (Å²) >= 11 is 5.76. The number of halogens is 1. The maximum Gasteiger partial charge on any atom is 0.359 e. The van der Waals surface area contributed by atoms with E-state index in [1.165, 1.54) is 0 Å². The average Bonchev–Trinajstić information content (AvgIpc) is 2.62. The van der Waals surface area contributed by atoms with Gasteiger partial charge in [-0.1, -0.05) is 29.8 Å². The molecule has 0 aliphatic carbocycles. The van der Waals surface area contributed by atoms with Crippen molar-refractivity contribution in [2.45, 2.75) is 0 Å². The van der Waals surface area contributed by atoms with Gasteiger partial charge in [-0.25, -0.2) is 9.89 Å². The van der Waals surface area contributed by atoms with Crippen LogP contribution in [0.4, 0.5) is 5.69 Å². The van der Waals surface area contributed by atoms with Gasteiger partial charge in [0.05, 0.1) is 5.39 Å². The van der Waals surface area contributed by atoms with Crippen molar-refractivity contribution in [3.05, 3.63) is 69.6 Å². The Balaban J connectivity index is 1.69. The Labute approximate surface area is 146 Å². The third-order valence-corrected chi connectivity index (χ3v) is 3.60. The number of nitrogens with one attached hydrogen (secondary N) is 2. The zero-order chi connectivity index (χ0) is 17.8. The lowest BCUT2D eigenvalue weighted by atomic mass is 10.1. The number of hydrogen-bond donors (Lipinski definition) is 2. The minimum Gasteiger partial charge on any atom is -0.451 e. The van der Waals surface area contributed by atoms with E-state index in [4.69, 9.17) is 16.3 Å². The fraction of sp³-hybridized carbons (Fsp3) is 0.0588. The molecule has 0 aliphatic rings. The third-order valence-electron chi connectivity index (χ3n) is 3.35. The minimum absolute atomic E-state index is 0.0607. The van der Waals surface area contributed by atoms with Gasteiger partial charge in [0.15, 0.2) is 12.3 Å². The molecule has 0 saturated carbocycles. The van der Waals surface area contributed by atoms with Gasteiger partial charge in [0.25, 0.3) is 11.5 Å². The zero-order valence-electron chi connectivity index (χ0n) is 12.8. The molecule has 7 nitrogen and oxygen atoms in total. The molecule has 3 aromatic rings. The van der Waals surface area contributed by atoms with Crippen molar-refractivity contribution < 1.29 is 14.3 Å². The predicted octanol–water partition coefficient (Wildman–Crippen LogP) is 2.37. The molecule has 0 aliphatic heterocycles. The smallest absolute Gasteiger partial charge is 0.359 e. The van der Waals surface area contributed by atoms with Crippen LogP contribution in [0.2, 0.25) is 5.02 Å². The highest BCUT2D eigenvalue weighted by Crippen LogP contribution is 2.14. The summed E-state index contributed by atoms with van der Waals surface area (Å²) in [6.45, 7) is -0.489. The molecule has 2 N–H and O–H groups in total. The number of carbonyl (C=O) groups excluding carboxylic acids is 2. The molecule has 0 unspecified atom stereocenters. The van der Waals surface area contributed by atoms with Gasteiger partial charge >= 0.3 is 5.97 Å². The van der Waals surface area contributed by atoms with E-state index in [-0.39, 0.29) is 5.69 Å². The third kappa shape index (κ3) is 3.84. The standard InChI is InChI=1S/C17H12ClN3O4/c18-10-5-7-11(8-6-10)19-14(22)9-25-17(24)15-12-3-1-2-4-13(12)16(23)21-20-15/h1-8H,9H2,(H,19,22)(H,21,23). The number of H-pyrrole nitrogens is 1. The lowest BCUT2D eigenvalue weighted by Crippen LogP contribution is -2.22. The van der Waals surface area contributed by atoms with Crippen LogP contribution in [0.15, 0.2) is 53.3 Å². The van der Waals surface area contributed by atoms with Crippen molar-refractivity contribution in [2.75, 3.05) is 11.9 Å². The van der Waals surface area contributed by atoms with E-state index in [2.05, 4.69) is 15.5 Å². The molecule has 1 aromatic heterocycles. The summed E-state index contributed by atoms with van der Waals surface area (Å²) < 4.78 is 4.97. The fourth-order valence-corrected chi connectivity index (χ4v) is 2.33. The van der Waals surface area contributed by atoms with Crippen LogP contribution in [0.3, 0.4) is 0 Å². The molecule has 0 atom stereocenters. The van der Waals surface area contributed by atoms with Crippen LogP contribution in [0.5, 0.6) is 0 Å². The van der Waals surface area contributed by atoms with Crippen molar-refractivity contribution in [2.24, 2.45) is 0 Å². The maximum absolute atomic E-state index is 12.2. The van der Waals surface area contributed by atoms with Gasteiger partial charge in [0.2, 0.25) is 0 Å². The second-order valence-electron chi connectivity index (χ2n) is 5.08. The molecular formula is C17H12ClN3O4. The van der Waals surface area contributed by atoms with Crippen molar-refractivity contribution in [3.63, 3.8) is 0 Å². The van der Waals surface area contributed by atoms with Crippen LogP contribution < -0.4 is 10.9 Å².